The zero-order chi connectivity index (χ0) is 17.7. The summed E-state index contributed by atoms with van der Waals surface area (Å²) in [5.74, 6) is 3.41. The lowest BCUT2D eigenvalue weighted by molar-refractivity contribution is 0.410. The van der Waals surface area contributed by atoms with E-state index in [4.69, 9.17) is 0 Å². The number of anilines is 2. The molecule has 2 fully saturated rings. The first kappa shape index (κ1) is 15.5. The molecule has 1 aliphatic carbocycles. The van der Waals surface area contributed by atoms with Crippen LogP contribution < -0.4 is 9.80 Å². The summed E-state index contributed by atoms with van der Waals surface area (Å²) in [6.45, 7) is 3.75. The topological polar surface area (TPSA) is 75.3 Å². The third-order valence-electron chi connectivity index (χ3n) is 5.75. The summed E-state index contributed by atoms with van der Waals surface area (Å²) in [4.78, 5) is 18.0. The van der Waals surface area contributed by atoms with E-state index in [2.05, 4.69) is 48.1 Å². The molecule has 8 heteroatoms. The maximum Gasteiger partial charge on any atom is 0.203 e. The van der Waals surface area contributed by atoms with Crippen molar-refractivity contribution in [2.24, 2.45) is 0 Å². The summed E-state index contributed by atoms with van der Waals surface area (Å²) in [6, 6.07) is 2.57. The minimum atomic E-state index is 0.408. The van der Waals surface area contributed by atoms with Gasteiger partial charge in [-0.1, -0.05) is 6.42 Å². The van der Waals surface area contributed by atoms with Crippen molar-refractivity contribution in [3.05, 3.63) is 36.3 Å². The van der Waals surface area contributed by atoms with Gasteiger partial charge in [-0.3, -0.25) is 4.40 Å². The highest BCUT2D eigenvalue weighted by atomic mass is 15.4. The summed E-state index contributed by atoms with van der Waals surface area (Å²) in [6.07, 6.45) is 9.25. The largest absolute Gasteiger partial charge is 0.353 e. The van der Waals surface area contributed by atoms with Crippen LogP contribution in [0.25, 0.3) is 5.65 Å². The summed E-state index contributed by atoms with van der Waals surface area (Å²) in [5, 5.41) is 8.43. The average molecular weight is 350 g/mol. The average Bonchev–Trinajstić information content (AvgIpc) is 2.94. The van der Waals surface area contributed by atoms with Crippen molar-refractivity contribution in [2.75, 3.05) is 29.9 Å². The van der Waals surface area contributed by atoms with Crippen LogP contribution in [0.5, 0.6) is 0 Å². The van der Waals surface area contributed by atoms with Crippen molar-refractivity contribution in [3.63, 3.8) is 0 Å². The maximum absolute atomic E-state index is 4.52. The lowest BCUT2D eigenvalue weighted by Crippen LogP contribution is -2.59. The van der Waals surface area contributed by atoms with Crippen LogP contribution in [0, 0.1) is 6.92 Å². The Labute approximate surface area is 151 Å². The first-order valence-electron chi connectivity index (χ1n) is 9.17. The molecule has 0 aromatic carbocycles. The van der Waals surface area contributed by atoms with Crippen molar-refractivity contribution < 1.29 is 0 Å². The fraction of sp³-hybridized carbons (Fsp3) is 0.500. The number of nitrogens with zero attached hydrogens (tertiary/aromatic N) is 8. The third kappa shape index (κ3) is 2.40. The summed E-state index contributed by atoms with van der Waals surface area (Å²) < 4.78 is 1.98. The molecule has 0 spiro atoms. The van der Waals surface area contributed by atoms with Crippen LogP contribution in [0.2, 0.25) is 0 Å². The molecule has 134 valence electrons. The molecule has 0 amide bonds. The summed E-state index contributed by atoms with van der Waals surface area (Å²) in [5.41, 5.74) is 2.01. The first-order chi connectivity index (χ1) is 12.7. The van der Waals surface area contributed by atoms with Gasteiger partial charge in [0.15, 0.2) is 5.82 Å². The molecule has 3 aromatic rings. The van der Waals surface area contributed by atoms with Gasteiger partial charge in [0.1, 0.15) is 18.0 Å². The Morgan fingerprint density at radius 2 is 1.96 bits per heavy atom. The molecule has 4 heterocycles. The monoisotopic (exact) mass is 350 g/mol. The number of fused-ring (bicyclic) bond motifs is 1. The van der Waals surface area contributed by atoms with Crippen LogP contribution in [0.3, 0.4) is 0 Å². The normalized spacial score (nSPS) is 18.0. The molecular weight excluding hydrogens is 328 g/mol. The van der Waals surface area contributed by atoms with Gasteiger partial charge in [-0.15, -0.1) is 10.2 Å². The van der Waals surface area contributed by atoms with Crippen molar-refractivity contribution in [3.8, 4) is 0 Å². The fourth-order valence-electron chi connectivity index (χ4n) is 3.69. The van der Waals surface area contributed by atoms with Crippen LogP contribution >= 0.6 is 0 Å². The van der Waals surface area contributed by atoms with E-state index < -0.39 is 0 Å². The molecule has 0 atom stereocenters. The summed E-state index contributed by atoms with van der Waals surface area (Å²) in [7, 11) is 2.12. The maximum atomic E-state index is 4.52. The van der Waals surface area contributed by atoms with Crippen LogP contribution in [0.15, 0.2) is 24.8 Å². The quantitative estimate of drug-likeness (QED) is 0.710. The minimum absolute atomic E-state index is 0.408. The molecule has 0 radical (unpaired) electrons. The predicted octanol–water partition coefficient (Wildman–Crippen LogP) is 1.82. The van der Waals surface area contributed by atoms with Crippen LogP contribution in [0.1, 0.15) is 36.7 Å². The Morgan fingerprint density at radius 3 is 2.73 bits per heavy atom. The van der Waals surface area contributed by atoms with Crippen LogP contribution in [0.4, 0.5) is 11.6 Å². The molecule has 1 saturated heterocycles. The number of aromatic nitrogens is 6. The minimum Gasteiger partial charge on any atom is -0.353 e. The number of rotatable bonds is 4. The molecule has 3 aromatic heterocycles. The lowest BCUT2D eigenvalue weighted by atomic mass is 9.83. The SMILES string of the molecule is Cc1nnc2c(N3CC(N(C)c4cc(C5CCC5)ncn4)C3)nccn12. The molecule has 2 aliphatic rings. The fourth-order valence-corrected chi connectivity index (χ4v) is 3.69. The van der Waals surface area contributed by atoms with Crippen molar-refractivity contribution in [1.82, 2.24) is 29.5 Å². The zero-order valence-electron chi connectivity index (χ0n) is 15.1. The van der Waals surface area contributed by atoms with E-state index in [0.29, 0.717) is 12.0 Å². The first-order valence-corrected chi connectivity index (χ1v) is 9.17. The number of hydrogen-bond donors (Lipinski definition) is 0. The van der Waals surface area contributed by atoms with Gasteiger partial charge in [-0.05, 0) is 19.8 Å². The van der Waals surface area contributed by atoms with Gasteiger partial charge in [0.2, 0.25) is 5.65 Å². The number of aryl methyl sites for hydroxylation is 1. The lowest BCUT2D eigenvalue weighted by Gasteiger charge is -2.45. The highest BCUT2D eigenvalue weighted by Gasteiger charge is 2.33. The van der Waals surface area contributed by atoms with Gasteiger partial charge < -0.3 is 9.80 Å². The standard InChI is InChI=1S/C18H22N8/c1-12-22-23-18-17(19-6-7-26(12)18)25-9-14(10-25)24(2)16-8-15(20-11-21-16)13-4-3-5-13/h6-8,11,13-14H,3-5,9-10H2,1-2H3. The molecule has 0 N–H and O–H groups in total. The van der Waals surface area contributed by atoms with Gasteiger partial charge in [-0.25, -0.2) is 15.0 Å². The highest BCUT2D eigenvalue weighted by molar-refractivity contribution is 5.66. The van der Waals surface area contributed by atoms with Gasteiger partial charge >= 0.3 is 0 Å². The van der Waals surface area contributed by atoms with E-state index in [1.54, 1.807) is 6.33 Å². The second kappa shape index (κ2) is 5.89. The molecule has 5 rings (SSSR count). The van der Waals surface area contributed by atoms with E-state index in [1.807, 2.05) is 23.7 Å². The Bertz CT molecular complexity index is 941. The highest BCUT2D eigenvalue weighted by Crippen LogP contribution is 2.36. The zero-order valence-corrected chi connectivity index (χ0v) is 15.1. The van der Waals surface area contributed by atoms with Crippen LogP contribution in [-0.2, 0) is 0 Å². The Balaban J connectivity index is 1.31. The van der Waals surface area contributed by atoms with E-state index in [-0.39, 0.29) is 0 Å². The van der Waals surface area contributed by atoms with E-state index in [9.17, 15) is 0 Å². The van der Waals surface area contributed by atoms with Gasteiger partial charge in [0.25, 0.3) is 0 Å². The van der Waals surface area contributed by atoms with Gasteiger partial charge in [0, 0.05) is 50.2 Å². The van der Waals surface area contributed by atoms with Gasteiger partial charge in [-0.2, -0.15) is 0 Å². The van der Waals surface area contributed by atoms with Crippen molar-refractivity contribution in [2.45, 2.75) is 38.1 Å². The molecule has 0 unspecified atom stereocenters. The van der Waals surface area contributed by atoms with Crippen LogP contribution in [-0.4, -0.2) is 55.7 Å². The van der Waals surface area contributed by atoms with Crippen molar-refractivity contribution >= 4 is 17.3 Å². The second-order valence-corrected chi connectivity index (χ2v) is 7.29. The third-order valence-corrected chi connectivity index (χ3v) is 5.75. The molecular formula is C18H22N8. The Hall–Kier alpha value is -2.77. The molecule has 8 nitrogen and oxygen atoms in total. The molecule has 0 bridgehead atoms. The number of likely N-dealkylation sites (N-methyl/N-ethyl adjacent to an activating group) is 1. The van der Waals surface area contributed by atoms with E-state index in [0.717, 1.165) is 36.2 Å². The smallest absolute Gasteiger partial charge is 0.203 e. The van der Waals surface area contributed by atoms with E-state index >= 15 is 0 Å². The van der Waals surface area contributed by atoms with E-state index in [1.165, 1.54) is 25.0 Å². The van der Waals surface area contributed by atoms with Crippen molar-refractivity contribution in [1.29, 1.82) is 0 Å². The molecule has 1 aliphatic heterocycles. The number of hydrogen-bond acceptors (Lipinski definition) is 7. The second-order valence-electron chi connectivity index (χ2n) is 7.29. The molecule has 1 saturated carbocycles. The molecule has 26 heavy (non-hydrogen) atoms. The summed E-state index contributed by atoms with van der Waals surface area (Å²) >= 11 is 0. The predicted molar refractivity (Wildman–Crippen MR) is 98.5 cm³/mol. The Kier molecular flexibility index (Phi) is 3.51. The Morgan fingerprint density at radius 1 is 1.12 bits per heavy atom. The van der Waals surface area contributed by atoms with Gasteiger partial charge in [0.05, 0.1) is 6.04 Å².